The van der Waals surface area contributed by atoms with Crippen LogP contribution in [0.4, 0.5) is 0 Å². The molecule has 0 unspecified atom stereocenters. The third-order valence-corrected chi connectivity index (χ3v) is 8.95. The van der Waals surface area contributed by atoms with Crippen molar-refractivity contribution in [2.45, 2.75) is 72.1 Å². The number of carboxylic acids is 3. The third kappa shape index (κ3) is 5.98. The Hall–Kier alpha value is -4.46. The van der Waals surface area contributed by atoms with Crippen molar-refractivity contribution in [2.24, 2.45) is 0 Å². The Morgan fingerprint density at radius 3 is 2.20 bits per heavy atom. The summed E-state index contributed by atoms with van der Waals surface area (Å²) in [4.78, 5) is 53.2. The van der Waals surface area contributed by atoms with Crippen molar-refractivity contribution in [2.75, 3.05) is 0 Å². The van der Waals surface area contributed by atoms with Crippen LogP contribution < -0.4 is 0 Å². The molecule has 3 aromatic rings. The maximum atomic E-state index is 12.7. The Bertz CT molecular complexity index is 1950. The van der Waals surface area contributed by atoms with Crippen LogP contribution in [-0.4, -0.2) is 70.5 Å². The minimum atomic E-state index is -1.20. The van der Waals surface area contributed by atoms with Gasteiger partial charge in [-0.05, 0) is 74.1 Å². The van der Waals surface area contributed by atoms with Crippen molar-refractivity contribution in [3.8, 4) is 0 Å². The predicted octanol–water partition coefficient (Wildman–Crippen LogP) is 6.31. The number of hydrogen-bond donors (Lipinski definition) is 5. The van der Waals surface area contributed by atoms with Gasteiger partial charge in [0.25, 0.3) is 0 Å². The fourth-order valence-electron chi connectivity index (χ4n) is 6.53. The summed E-state index contributed by atoms with van der Waals surface area (Å²) < 4.78 is 0. The van der Waals surface area contributed by atoms with E-state index in [1.165, 1.54) is 0 Å². The molecule has 231 valence electrons. The molecule has 3 aromatic heterocycles. The molecule has 0 saturated heterocycles. The average molecular weight is 624 g/mol. The van der Waals surface area contributed by atoms with Crippen LogP contribution >= 0.6 is 0 Å². The molecule has 5 heterocycles. The number of allylic oxidation sites excluding steroid dienone is 3. The number of carboxylic acid groups (broad SMARTS) is 3. The monoisotopic (exact) mass is 623 g/mol. The van der Waals surface area contributed by atoms with Crippen molar-refractivity contribution in [1.29, 1.82) is 0 Å². The smallest absolute Gasteiger partial charge is 0.338 e. The first-order valence-electron chi connectivity index (χ1n) is 14.6. The highest BCUT2D eigenvalue weighted by Crippen LogP contribution is 2.43. The summed E-state index contributed by atoms with van der Waals surface area (Å²) in [7, 11) is 0. The number of hydrogen-bond acceptors (Lipinski definition) is 5. The molecule has 0 aliphatic carbocycles. The Morgan fingerprint density at radius 2 is 1.60 bits per heavy atom. The molecule has 0 saturated carbocycles. The number of carbonyl (C=O) groups is 3. The van der Waals surface area contributed by atoms with Crippen molar-refractivity contribution in [3.05, 3.63) is 81.4 Å². The van der Waals surface area contributed by atoms with E-state index in [4.69, 9.17) is 9.97 Å². The van der Waals surface area contributed by atoms with E-state index in [9.17, 15) is 29.7 Å². The van der Waals surface area contributed by atoms with Gasteiger partial charge in [0.15, 0.2) is 0 Å². The first-order valence-corrected chi connectivity index (χ1v) is 14.6. The third-order valence-electron chi connectivity index (χ3n) is 8.95. The molecule has 0 spiro atoms. The maximum Gasteiger partial charge on any atom is 0.338 e. The van der Waals surface area contributed by atoms with Crippen molar-refractivity contribution in [1.82, 2.24) is 19.9 Å². The molecule has 3 radical (unpaired) electrons. The highest BCUT2D eigenvalue weighted by molar-refractivity contribution is 6.02. The van der Waals surface area contributed by atoms with Crippen LogP contribution in [0.5, 0.6) is 0 Å². The van der Waals surface area contributed by atoms with Gasteiger partial charge in [-0.2, -0.15) is 0 Å². The zero-order valence-corrected chi connectivity index (χ0v) is 27.2. The maximum absolute atomic E-state index is 12.7. The van der Waals surface area contributed by atoms with Crippen LogP contribution in [-0.2, 0) is 22.4 Å². The minimum Gasteiger partial charge on any atom is -0.481 e. The number of rotatable bonds is 8. The molecule has 2 aliphatic rings. The fraction of sp³-hybridized carbons (Fsp3) is 0.324. The van der Waals surface area contributed by atoms with Gasteiger partial charge >= 0.3 is 17.9 Å². The topological polar surface area (TPSA) is 169 Å². The Kier molecular flexibility index (Phi) is 9.57. The van der Waals surface area contributed by atoms with Crippen LogP contribution in [0, 0.1) is 13.8 Å². The molecule has 0 aromatic carbocycles. The molecule has 5 rings (SSSR count). The van der Waals surface area contributed by atoms with Crippen molar-refractivity contribution < 1.29 is 29.7 Å². The molecular weight excluding hydrogens is 587 g/mol. The summed E-state index contributed by atoms with van der Waals surface area (Å²) in [6.45, 7) is 13.7. The van der Waals surface area contributed by atoms with E-state index in [2.05, 4.69) is 16.5 Å². The number of aliphatic carboxylic acids is 2. The second kappa shape index (κ2) is 12.9. The lowest BCUT2D eigenvalue weighted by Crippen LogP contribution is -2.11. The molecule has 0 amide bonds. The number of aryl methyl sites for hydroxylation is 3. The standard InChI is InChI=1S/C34H36N4O6.Al/c1-7-19-15(3)23-12-25-17(5)21(9-10-29(39)40)32(37-25)22(11-30(41)42)33-31(34(43)44)18(6)26(38-33)14-28-20(8-2)16(4)24(36-28)13-27(19)35-23;/h7,12-14,17,21,36,38H,1,8-11H2,2-6H3,(H,39,40)(H,41,42)(H,43,44);/t17-,21-;/m0./s1. The van der Waals surface area contributed by atoms with Crippen LogP contribution in [0.25, 0.3) is 33.2 Å². The number of aromatic nitrogens is 4. The normalized spacial score (nSPS) is 15.9. The summed E-state index contributed by atoms with van der Waals surface area (Å²) >= 11 is 0. The van der Waals surface area contributed by atoms with Gasteiger partial charge in [0, 0.05) is 69.0 Å². The molecule has 10 nitrogen and oxygen atoms in total. The summed E-state index contributed by atoms with van der Waals surface area (Å²) in [6.07, 6.45) is 2.04. The van der Waals surface area contributed by atoms with E-state index in [0.717, 1.165) is 45.4 Å². The first-order chi connectivity index (χ1) is 20.9. The van der Waals surface area contributed by atoms with E-state index >= 15 is 0 Å². The zero-order valence-electron chi connectivity index (χ0n) is 26.0. The molecule has 5 N–H and O–H groups in total. The highest BCUT2D eigenvalue weighted by Gasteiger charge is 2.33. The van der Waals surface area contributed by atoms with E-state index in [0.29, 0.717) is 28.2 Å². The van der Waals surface area contributed by atoms with Gasteiger partial charge in [0.2, 0.25) is 0 Å². The molecule has 2 atom stereocenters. The lowest BCUT2D eigenvalue weighted by Gasteiger charge is -2.17. The second-order valence-electron chi connectivity index (χ2n) is 11.5. The number of H-pyrrole nitrogens is 2. The van der Waals surface area contributed by atoms with E-state index in [-0.39, 0.29) is 52.8 Å². The lowest BCUT2D eigenvalue weighted by atomic mass is 9.85. The Morgan fingerprint density at radius 1 is 0.911 bits per heavy atom. The fourth-order valence-corrected chi connectivity index (χ4v) is 6.53. The minimum absolute atomic E-state index is 0. The number of nitrogens with one attached hydrogen (secondary N) is 2. The van der Waals surface area contributed by atoms with E-state index in [1.54, 1.807) is 13.0 Å². The first kappa shape index (κ1) is 33.4. The molecule has 2 aliphatic heterocycles. The molecule has 8 bridgehead atoms. The van der Waals surface area contributed by atoms with Crippen LogP contribution in [0.2, 0.25) is 0 Å². The summed E-state index contributed by atoms with van der Waals surface area (Å²) in [5.74, 6) is -4.08. The van der Waals surface area contributed by atoms with Crippen molar-refractivity contribution in [3.63, 3.8) is 0 Å². The van der Waals surface area contributed by atoms with Gasteiger partial charge in [0.1, 0.15) is 0 Å². The molecule has 0 fully saturated rings. The predicted molar refractivity (Wildman–Crippen MR) is 175 cm³/mol. The van der Waals surface area contributed by atoms with Gasteiger partial charge in [0.05, 0.1) is 34.6 Å². The van der Waals surface area contributed by atoms with Crippen LogP contribution in [0.3, 0.4) is 0 Å². The SMILES string of the molecule is C=CC1=C(C)c2cc3nc(c(CC(=O)O)c4[nH]c(cc5[nH]c(cc1n2)c(C)c5CC)c(C)c4C(=O)O)[C@@H](CCC(=O)O)[C@@H]3C.[Al]. The number of nitrogens with zero attached hydrogens (tertiary/aromatic N) is 2. The zero-order chi connectivity index (χ0) is 32.0. The molecular formula is C34H36AlN4O6. The highest BCUT2D eigenvalue weighted by atomic mass is 27.0. The van der Waals surface area contributed by atoms with Crippen molar-refractivity contribution >= 4 is 68.5 Å². The number of fused-ring (bicyclic) bond motifs is 8. The lowest BCUT2D eigenvalue weighted by molar-refractivity contribution is -0.138. The average Bonchev–Trinajstić information content (AvgIpc) is 3.63. The second-order valence-corrected chi connectivity index (χ2v) is 11.5. The van der Waals surface area contributed by atoms with Gasteiger partial charge in [-0.25, -0.2) is 9.78 Å². The van der Waals surface area contributed by atoms with Crippen LogP contribution in [0.15, 0.2) is 30.9 Å². The Labute approximate surface area is 271 Å². The van der Waals surface area contributed by atoms with Gasteiger partial charge in [-0.1, -0.05) is 26.5 Å². The van der Waals surface area contributed by atoms with E-state index < -0.39 is 30.2 Å². The van der Waals surface area contributed by atoms with E-state index in [1.807, 2.05) is 45.9 Å². The van der Waals surface area contributed by atoms with Gasteiger partial charge in [-0.15, -0.1) is 0 Å². The Balaban J connectivity index is 0.00000461. The largest absolute Gasteiger partial charge is 0.481 e. The van der Waals surface area contributed by atoms with Gasteiger partial charge < -0.3 is 25.3 Å². The van der Waals surface area contributed by atoms with Gasteiger partial charge in [-0.3, -0.25) is 14.6 Å². The number of aromatic amines is 2. The number of aromatic carboxylic acids is 1. The quantitative estimate of drug-likeness (QED) is 0.182. The summed E-state index contributed by atoms with van der Waals surface area (Å²) in [5.41, 5.74) is 9.27. The summed E-state index contributed by atoms with van der Waals surface area (Å²) in [5, 5.41) is 29.9. The molecule has 45 heavy (non-hydrogen) atoms. The molecule has 11 heteroatoms. The van der Waals surface area contributed by atoms with Crippen LogP contribution in [0.1, 0.15) is 101 Å². The summed E-state index contributed by atoms with van der Waals surface area (Å²) in [6, 6.07) is 5.70.